The van der Waals surface area contributed by atoms with Crippen molar-refractivity contribution < 1.29 is 4.39 Å². The Kier molecular flexibility index (Phi) is 3.61. The topological polar surface area (TPSA) is 12.0 Å². The van der Waals surface area contributed by atoms with Gasteiger partial charge in [0.1, 0.15) is 5.82 Å². The van der Waals surface area contributed by atoms with Crippen LogP contribution in [0.5, 0.6) is 0 Å². The van der Waals surface area contributed by atoms with Gasteiger partial charge < -0.3 is 5.32 Å². The average Bonchev–Trinajstić information content (AvgIpc) is 2.58. The van der Waals surface area contributed by atoms with Crippen molar-refractivity contribution in [1.82, 2.24) is 0 Å². The Balaban J connectivity index is 1.99. The SMILES string of the molecule is Cc1sc(CNc2ccc(F)cc2)cc1Br. The molecule has 0 amide bonds. The third kappa shape index (κ3) is 2.83. The van der Waals surface area contributed by atoms with Gasteiger partial charge in [0.25, 0.3) is 0 Å². The standard InChI is InChI=1S/C12H11BrFNS/c1-8-12(13)6-11(16-8)7-15-10-4-2-9(14)3-5-10/h2-6,15H,7H2,1H3. The normalized spacial score (nSPS) is 10.4. The number of halogens is 2. The zero-order chi connectivity index (χ0) is 11.5. The highest BCUT2D eigenvalue weighted by Gasteiger charge is 2.02. The molecule has 0 aliphatic rings. The smallest absolute Gasteiger partial charge is 0.123 e. The van der Waals surface area contributed by atoms with Crippen LogP contribution in [0.25, 0.3) is 0 Å². The molecule has 2 aromatic rings. The Labute approximate surface area is 106 Å². The molecule has 0 fully saturated rings. The summed E-state index contributed by atoms with van der Waals surface area (Å²) in [6, 6.07) is 8.50. The first-order valence-electron chi connectivity index (χ1n) is 4.89. The summed E-state index contributed by atoms with van der Waals surface area (Å²) in [5.74, 6) is -0.208. The van der Waals surface area contributed by atoms with Gasteiger partial charge in [-0.25, -0.2) is 4.39 Å². The Hall–Kier alpha value is -0.870. The molecule has 1 nitrogen and oxygen atoms in total. The maximum Gasteiger partial charge on any atom is 0.123 e. The fourth-order valence-electron chi connectivity index (χ4n) is 1.36. The van der Waals surface area contributed by atoms with Gasteiger partial charge in [0.05, 0.1) is 0 Å². The highest BCUT2D eigenvalue weighted by atomic mass is 79.9. The second kappa shape index (κ2) is 4.97. The maximum absolute atomic E-state index is 12.7. The van der Waals surface area contributed by atoms with Crippen molar-refractivity contribution in [2.45, 2.75) is 13.5 Å². The summed E-state index contributed by atoms with van der Waals surface area (Å²) < 4.78 is 13.8. The van der Waals surface area contributed by atoms with Gasteiger partial charge in [0, 0.05) is 26.5 Å². The lowest BCUT2D eigenvalue weighted by molar-refractivity contribution is 0.628. The lowest BCUT2D eigenvalue weighted by atomic mass is 10.3. The summed E-state index contributed by atoms with van der Waals surface area (Å²) in [5.41, 5.74) is 0.934. The van der Waals surface area contributed by atoms with E-state index in [2.05, 4.69) is 34.2 Å². The highest BCUT2D eigenvalue weighted by molar-refractivity contribution is 9.10. The van der Waals surface area contributed by atoms with E-state index >= 15 is 0 Å². The van der Waals surface area contributed by atoms with Crippen LogP contribution in [-0.4, -0.2) is 0 Å². The van der Waals surface area contributed by atoms with Gasteiger partial charge in [0.2, 0.25) is 0 Å². The Morgan fingerprint density at radius 3 is 2.56 bits per heavy atom. The summed E-state index contributed by atoms with van der Waals surface area (Å²) in [5, 5.41) is 3.25. The molecule has 84 valence electrons. The molecule has 1 heterocycles. The predicted octanol–water partition coefficient (Wildman–Crippen LogP) is 4.57. The van der Waals surface area contributed by atoms with E-state index in [-0.39, 0.29) is 5.82 Å². The third-order valence-corrected chi connectivity index (χ3v) is 4.36. The molecule has 0 spiro atoms. The van der Waals surface area contributed by atoms with E-state index in [0.29, 0.717) is 0 Å². The average molecular weight is 300 g/mol. The van der Waals surface area contributed by atoms with Crippen molar-refractivity contribution >= 4 is 33.0 Å². The molecule has 1 aromatic carbocycles. The van der Waals surface area contributed by atoms with E-state index < -0.39 is 0 Å². The van der Waals surface area contributed by atoms with E-state index in [1.807, 2.05) is 0 Å². The van der Waals surface area contributed by atoms with Crippen LogP contribution >= 0.6 is 27.3 Å². The number of aryl methyl sites for hydroxylation is 1. The largest absolute Gasteiger partial charge is 0.380 e. The number of rotatable bonds is 3. The summed E-state index contributed by atoms with van der Waals surface area (Å²) >= 11 is 5.24. The van der Waals surface area contributed by atoms with E-state index in [1.165, 1.54) is 21.9 Å². The van der Waals surface area contributed by atoms with Gasteiger partial charge in [0.15, 0.2) is 0 Å². The number of hydrogen-bond donors (Lipinski definition) is 1. The van der Waals surface area contributed by atoms with Gasteiger partial charge >= 0.3 is 0 Å². The van der Waals surface area contributed by atoms with E-state index in [0.717, 1.165) is 16.7 Å². The Morgan fingerprint density at radius 1 is 1.31 bits per heavy atom. The molecule has 0 saturated heterocycles. The quantitative estimate of drug-likeness (QED) is 0.875. The maximum atomic E-state index is 12.7. The fraction of sp³-hybridized carbons (Fsp3) is 0.167. The molecular weight excluding hydrogens is 289 g/mol. The Morgan fingerprint density at radius 2 is 2.00 bits per heavy atom. The lowest BCUT2D eigenvalue weighted by Crippen LogP contribution is -1.96. The summed E-state index contributed by atoms with van der Waals surface area (Å²) in [7, 11) is 0. The Bertz CT molecular complexity index is 459. The molecule has 0 unspecified atom stereocenters. The van der Waals surface area contributed by atoms with Crippen LogP contribution in [0.3, 0.4) is 0 Å². The molecule has 0 aliphatic heterocycles. The van der Waals surface area contributed by atoms with Crippen LogP contribution in [0, 0.1) is 12.7 Å². The minimum atomic E-state index is -0.208. The van der Waals surface area contributed by atoms with Gasteiger partial charge in [-0.1, -0.05) is 0 Å². The van der Waals surface area contributed by atoms with Crippen molar-refractivity contribution in [2.75, 3.05) is 5.32 Å². The van der Waals surface area contributed by atoms with E-state index in [4.69, 9.17) is 0 Å². The van der Waals surface area contributed by atoms with Gasteiger partial charge in [-0.05, 0) is 53.2 Å². The van der Waals surface area contributed by atoms with Crippen molar-refractivity contribution in [3.63, 3.8) is 0 Å². The molecule has 0 radical (unpaired) electrons. The van der Waals surface area contributed by atoms with Crippen LogP contribution in [0.15, 0.2) is 34.8 Å². The molecular formula is C12H11BrFNS. The first-order valence-corrected chi connectivity index (χ1v) is 6.50. The summed E-state index contributed by atoms with van der Waals surface area (Å²) in [4.78, 5) is 2.53. The summed E-state index contributed by atoms with van der Waals surface area (Å²) in [6.45, 7) is 2.85. The molecule has 1 aromatic heterocycles. The van der Waals surface area contributed by atoms with Crippen LogP contribution < -0.4 is 5.32 Å². The molecule has 16 heavy (non-hydrogen) atoms. The van der Waals surface area contributed by atoms with Crippen LogP contribution in [0.4, 0.5) is 10.1 Å². The molecule has 0 aliphatic carbocycles. The van der Waals surface area contributed by atoms with Crippen molar-refractivity contribution in [1.29, 1.82) is 0 Å². The number of anilines is 1. The van der Waals surface area contributed by atoms with Gasteiger partial charge in [-0.3, -0.25) is 0 Å². The molecule has 0 saturated carbocycles. The predicted molar refractivity (Wildman–Crippen MR) is 70.5 cm³/mol. The molecule has 1 N–H and O–H groups in total. The zero-order valence-corrected chi connectivity index (χ0v) is 11.2. The van der Waals surface area contributed by atoms with Crippen molar-refractivity contribution in [2.24, 2.45) is 0 Å². The zero-order valence-electron chi connectivity index (χ0n) is 8.76. The van der Waals surface area contributed by atoms with Crippen molar-refractivity contribution in [3.05, 3.63) is 50.4 Å². The number of hydrogen-bond acceptors (Lipinski definition) is 2. The lowest BCUT2D eigenvalue weighted by Gasteiger charge is -2.03. The van der Waals surface area contributed by atoms with Crippen LogP contribution in [-0.2, 0) is 6.54 Å². The van der Waals surface area contributed by atoms with Crippen molar-refractivity contribution in [3.8, 4) is 0 Å². The second-order valence-electron chi connectivity index (χ2n) is 3.48. The summed E-state index contributed by atoms with van der Waals surface area (Å²) in [6.07, 6.45) is 0. The van der Waals surface area contributed by atoms with Gasteiger partial charge in [-0.15, -0.1) is 11.3 Å². The van der Waals surface area contributed by atoms with E-state index in [1.54, 1.807) is 23.5 Å². The first-order chi connectivity index (χ1) is 7.65. The molecule has 2 rings (SSSR count). The molecule has 0 atom stereocenters. The highest BCUT2D eigenvalue weighted by Crippen LogP contribution is 2.26. The van der Waals surface area contributed by atoms with Crippen LogP contribution in [0.2, 0.25) is 0 Å². The monoisotopic (exact) mass is 299 g/mol. The number of nitrogens with one attached hydrogen (secondary N) is 1. The van der Waals surface area contributed by atoms with Crippen LogP contribution in [0.1, 0.15) is 9.75 Å². The first kappa shape index (κ1) is 11.6. The minimum Gasteiger partial charge on any atom is -0.380 e. The number of benzene rings is 1. The number of thiophene rings is 1. The molecule has 4 heteroatoms. The molecule has 0 bridgehead atoms. The second-order valence-corrected chi connectivity index (χ2v) is 5.67. The minimum absolute atomic E-state index is 0.208. The van der Waals surface area contributed by atoms with Gasteiger partial charge in [-0.2, -0.15) is 0 Å². The van der Waals surface area contributed by atoms with E-state index in [9.17, 15) is 4.39 Å². The fourth-order valence-corrected chi connectivity index (χ4v) is 2.90. The third-order valence-electron chi connectivity index (χ3n) is 2.22.